The van der Waals surface area contributed by atoms with Gasteiger partial charge in [0.25, 0.3) is 0 Å². The van der Waals surface area contributed by atoms with Gasteiger partial charge in [-0.1, -0.05) is 0 Å². The molecule has 0 fully saturated rings. The smallest absolute Gasteiger partial charge is 0.0697 e. The van der Waals surface area contributed by atoms with E-state index in [9.17, 15) is 0 Å². The summed E-state index contributed by atoms with van der Waals surface area (Å²) >= 11 is 1.85. The van der Waals surface area contributed by atoms with Crippen molar-refractivity contribution in [1.82, 2.24) is 5.32 Å². The lowest BCUT2D eigenvalue weighted by Crippen LogP contribution is -2.16. The number of hydrogen-bond acceptors (Lipinski definition) is 4. The minimum atomic E-state index is 0.112. The molecule has 1 aromatic rings. The second-order valence-corrected chi connectivity index (χ2v) is 5.27. The maximum atomic E-state index is 8.51. The molecule has 0 saturated heterocycles. The van der Waals surface area contributed by atoms with E-state index in [0.717, 1.165) is 26.1 Å². The molecule has 2 N–H and O–H groups in total. The Bertz CT molecular complexity index is 299. The summed E-state index contributed by atoms with van der Waals surface area (Å²) in [6.07, 6.45) is 0.988. The SMILES string of the molecule is Cc1cc(CNCCCOCCO)c(C)s1. The zero-order chi connectivity index (χ0) is 11.8. The van der Waals surface area contributed by atoms with Crippen molar-refractivity contribution in [3.05, 3.63) is 21.4 Å². The fourth-order valence-electron chi connectivity index (χ4n) is 1.55. The molecule has 0 saturated carbocycles. The first-order chi connectivity index (χ1) is 7.74. The highest BCUT2D eigenvalue weighted by atomic mass is 32.1. The number of aliphatic hydroxyl groups is 1. The van der Waals surface area contributed by atoms with E-state index < -0.39 is 0 Å². The van der Waals surface area contributed by atoms with Crippen molar-refractivity contribution in [2.24, 2.45) is 0 Å². The van der Waals surface area contributed by atoms with E-state index in [2.05, 4.69) is 25.2 Å². The first kappa shape index (κ1) is 13.6. The Kier molecular flexibility index (Phi) is 6.64. The maximum Gasteiger partial charge on any atom is 0.0697 e. The summed E-state index contributed by atoms with van der Waals surface area (Å²) < 4.78 is 5.17. The lowest BCUT2D eigenvalue weighted by molar-refractivity contribution is 0.0907. The van der Waals surface area contributed by atoms with Gasteiger partial charge < -0.3 is 15.2 Å². The van der Waals surface area contributed by atoms with Crippen molar-refractivity contribution < 1.29 is 9.84 Å². The molecule has 0 unspecified atom stereocenters. The van der Waals surface area contributed by atoms with Crippen molar-refractivity contribution in [3.63, 3.8) is 0 Å². The third kappa shape index (κ3) is 5.07. The molecule has 0 bridgehead atoms. The molecule has 16 heavy (non-hydrogen) atoms. The van der Waals surface area contributed by atoms with Crippen LogP contribution in [0.15, 0.2) is 6.07 Å². The van der Waals surface area contributed by atoms with Gasteiger partial charge in [-0.15, -0.1) is 11.3 Å². The van der Waals surface area contributed by atoms with E-state index in [1.54, 1.807) is 0 Å². The number of hydrogen-bond donors (Lipinski definition) is 2. The lowest BCUT2D eigenvalue weighted by Gasteiger charge is -2.04. The van der Waals surface area contributed by atoms with Crippen molar-refractivity contribution in [1.29, 1.82) is 0 Å². The van der Waals surface area contributed by atoms with Crippen LogP contribution < -0.4 is 5.32 Å². The molecule has 1 heterocycles. The Balaban J connectivity index is 2.05. The van der Waals surface area contributed by atoms with Crippen LogP contribution in [-0.2, 0) is 11.3 Å². The minimum Gasteiger partial charge on any atom is -0.394 e. The van der Waals surface area contributed by atoms with Crippen molar-refractivity contribution in [2.75, 3.05) is 26.4 Å². The van der Waals surface area contributed by atoms with Crippen LogP contribution in [0.5, 0.6) is 0 Å². The van der Waals surface area contributed by atoms with Crippen LogP contribution in [0.3, 0.4) is 0 Å². The predicted molar refractivity (Wildman–Crippen MR) is 68.0 cm³/mol. The van der Waals surface area contributed by atoms with Crippen LogP contribution in [0.1, 0.15) is 21.7 Å². The fraction of sp³-hybridized carbons (Fsp3) is 0.667. The van der Waals surface area contributed by atoms with Crippen LogP contribution in [0.4, 0.5) is 0 Å². The molecule has 0 aliphatic carbocycles. The summed E-state index contributed by atoms with van der Waals surface area (Å²) in [5, 5.41) is 11.9. The van der Waals surface area contributed by atoms with Gasteiger partial charge in [0.1, 0.15) is 0 Å². The van der Waals surface area contributed by atoms with Crippen LogP contribution in [-0.4, -0.2) is 31.5 Å². The van der Waals surface area contributed by atoms with Crippen molar-refractivity contribution in [2.45, 2.75) is 26.8 Å². The molecule has 3 nitrogen and oxygen atoms in total. The van der Waals surface area contributed by atoms with Gasteiger partial charge in [-0.05, 0) is 38.4 Å². The molecule has 92 valence electrons. The van der Waals surface area contributed by atoms with Gasteiger partial charge in [0.05, 0.1) is 13.2 Å². The molecular formula is C12H21NO2S. The fourth-order valence-corrected chi connectivity index (χ4v) is 2.49. The van der Waals surface area contributed by atoms with E-state index >= 15 is 0 Å². The van der Waals surface area contributed by atoms with Gasteiger partial charge >= 0.3 is 0 Å². The van der Waals surface area contributed by atoms with E-state index in [1.807, 2.05) is 11.3 Å². The number of rotatable bonds is 8. The third-order valence-corrected chi connectivity index (χ3v) is 3.35. The van der Waals surface area contributed by atoms with Gasteiger partial charge in [0, 0.05) is 22.9 Å². The zero-order valence-electron chi connectivity index (χ0n) is 10.1. The molecule has 0 aliphatic rings. The molecule has 4 heteroatoms. The highest BCUT2D eigenvalue weighted by Crippen LogP contribution is 2.19. The first-order valence-electron chi connectivity index (χ1n) is 5.69. The number of nitrogens with one attached hydrogen (secondary N) is 1. The average Bonchev–Trinajstić information content (AvgIpc) is 2.56. The molecular weight excluding hydrogens is 222 g/mol. The zero-order valence-corrected chi connectivity index (χ0v) is 10.9. The lowest BCUT2D eigenvalue weighted by atomic mass is 10.2. The first-order valence-corrected chi connectivity index (χ1v) is 6.51. The number of ether oxygens (including phenoxy) is 1. The topological polar surface area (TPSA) is 41.5 Å². The summed E-state index contributed by atoms with van der Waals surface area (Å²) in [5.74, 6) is 0. The van der Waals surface area contributed by atoms with Gasteiger partial charge in [-0.25, -0.2) is 0 Å². The summed E-state index contributed by atoms with van der Waals surface area (Å²) in [6.45, 7) is 7.48. The number of aliphatic hydroxyl groups excluding tert-OH is 1. The van der Waals surface area contributed by atoms with Gasteiger partial charge in [0.2, 0.25) is 0 Å². The Morgan fingerprint density at radius 1 is 1.38 bits per heavy atom. The Morgan fingerprint density at radius 3 is 2.81 bits per heavy atom. The van der Waals surface area contributed by atoms with Gasteiger partial charge in [0.15, 0.2) is 0 Å². The van der Waals surface area contributed by atoms with Crippen LogP contribution in [0.25, 0.3) is 0 Å². The molecule has 0 atom stereocenters. The minimum absolute atomic E-state index is 0.112. The average molecular weight is 243 g/mol. The van der Waals surface area contributed by atoms with Gasteiger partial charge in [-0.3, -0.25) is 0 Å². The largest absolute Gasteiger partial charge is 0.394 e. The highest BCUT2D eigenvalue weighted by Gasteiger charge is 2.01. The summed E-state index contributed by atoms with van der Waals surface area (Å²) in [6, 6.07) is 2.25. The Morgan fingerprint density at radius 2 is 2.19 bits per heavy atom. The quantitative estimate of drug-likeness (QED) is 0.685. The molecule has 0 amide bonds. The van der Waals surface area contributed by atoms with E-state index in [4.69, 9.17) is 9.84 Å². The summed E-state index contributed by atoms with van der Waals surface area (Å²) in [5.41, 5.74) is 1.40. The highest BCUT2D eigenvalue weighted by molar-refractivity contribution is 7.12. The predicted octanol–water partition coefficient (Wildman–Crippen LogP) is 1.85. The molecule has 0 aliphatic heterocycles. The van der Waals surface area contributed by atoms with E-state index in [0.29, 0.717) is 6.61 Å². The third-order valence-electron chi connectivity index (χ3n) is 2.34. The Hall–Kier alpha value is -0.420. The molecule has 0 radical (unpaired) electrons. The second kappa shape index (κ2) is 7.79. The number of aryl methyl sites for hydroxylation is 2. The van der Waals surface area contributed by atoms with Crippen LogP contribution in [0.2, 0.25) is 0 Å². The van der Waals surface area contributed by atoms with Crippen LogP contribution in [0, 0.1) is 13.8 Å². The molecule has 0 aromatic carbocycles. The molecule has 1 aromatic heterocycles. The second-order valence-electron chi connectivity index (χ2n) is 3.80. The molecule has 0 spiro atoms. The Labute approximate surface area is 101 Å². The standard InChI is InChI=1S/C12H21NO2S/c1-10-8-12(11(2)16-10)9-13-4-3-6-15-7-5-14/h8,13-14H,3-7,9H2,1-2H3. The molecule has 1 rings (SSSR count). The number of thiophene rings is 1. The monoisotopic (exact) mass is 243 g/mol. The van der Waals surface area contributed by atoms with E-state index in [-0.39, 0.29) is 6.61 Å². The maximum absolute atomic E-state index is 8.51. The summed E-state index contributed by atoms with van der Waals surface area (Å²) in [4.78, 5) is 2.78. The van der Waals surface area contributed by atoms with Gasteiger partial charge in [-0.2, -0.15) is 0 Å². The van der Waals surface area contributed by atoms with E-state index in [1.165, 1.54) is 15.3 Å². The normalized spacial score (nSPS) is 10.9. The summed E-state index contributed by atoms with van der Waals surface area (Å²) in [7, 11) is 0. The van der Waals surface area contributed by atoms with Crippen LogP contribution >= 0.6 is 11.3 Å². The van der Waals surface area contributed by atoms with Crippen molar-refractivity contribution in [3.8, 4) is 0 Å². The van der Waals surface area contributed by atoms with Crippen molar-refractivity contribution >= 4 is 11.3 Å².